The van der Waals surface area contributed by atoms with Gasteiger partial charge in [-0.25, -0.2) is 0 Å². The van der Waals surface area contributed by atoms with Crippen LogP contribution >= 0.6 is 0 Å². The molecule has 1 heterocycles. The number of aryl methyl sites for hydroxylation is 2. The van der Waals surface area contributed by atoms with Crippen molar-refractivity contribution in [3.05, 3.63) is 11.9 Å². The van der Waals surface area contributed by atoms with Crippen molar-refractivity contribution in [3.63, 3.8) is 0 Å². The molecule has 4 nitrogen and oxygen atoms in total. The molecule has 0 saturated carbocycles. The second kappa shape index (κ2) is 11.2. The van der Waals surface area contributed by atoms with Crippen molar-refractivity contribution in [3.8, 4) is 0 Å². The van der Waals surface area contributed by atoms with Gasteiger partial charge in [0.25, 0.3) is 0 Å². The van der Waals surface area contributed by atoms with Gasteiger partial charge in [-0.1, -0.05) is 39.3 Å². The topological polar surface area (TPSA) is 56.7 Å². The lowest BCUT2D eigenvalue weighted by atomic mass is 10.1. The van der Waals surface area contributed by atoms with Gasteiger partial charge < -0.3 is 5.73 Å². The Morgan fingerprint density at radius 3 is 2.44 bits per heavy atom. The van der Waals surface area contributed by atoms with Crippen LogP contribution < -0.4 is 5.73 Å². The fourth-order valence-corrected chi connectivity index (χ4v) is 1.43. The van der Waals surface area contributed by atoms with Gasteiger partial charge >= 0.3 is 0 Å². The molecule has 4 heteroatoms. The molecule has 106 valence electrons. The molecule has 1 aromatic rings. The van der Waals surface area contributed by atoms with Gasteiger partial charge in [0.05, 0.1) is 5.69 Å². The van der Waals surface area contributed by atoms with Gasteiger partial charge in [0.15, 0.2) is 0 Å². The summed E-state index contributed by atoms with van der Waals surface area (Å²) in [5, 5.41) is 8.17. The van der Waals surface area contributed by atoms with E-state index in [4.69, 9.17) is 5.73 Å². The highest BCUT2D eigenvalue weighted by Gasteiger charge is 2.01. The Kier molecular flexibility index (Phi) is 10.6. The lowest BCUT2D eigenvalue weighted by molar-refractivity contribution is 0.576. The van der Waals surface area contributed by atoms with Crippen molar-refractivity contribution < 1.29 is 0 Å². The van der Waals surface area contributed by atoms with Gasteiger partial charge in [-0.15, -0.1) is 5.10 Å². The number of aromatic nitrogens is 3. The summed E-state index contributed by atoms with van der Waals surface area (Å²) in [5.41, 5.74) is 6.27. The number of unbranched alkanes of at least 4 members (excludes halogenated alkanes) is 1. The Hall–Kier alpha value is -0.900. The molecule has 0 aliphatic carbocycles. The lowest BCUT2D eigenvalue weighted by Gasteiger charge is -1.99. The lowest BCUT2D eigenvalue weighted by Crippen LogP contribution is -1.96. The van der Waals surface area contributed by atoms with Crippen LogP contribution in [-0.2, 0) is 13.0 Å². The van der Waals surface area contributed by atoms with Gasteiger partial charge in [-0.2, -0.15) is 0 Å². The SMILES string of the molecule is CCCCN.CCCn1cc(CCC(C)C)nn1. The number of hydrogen-bond acceptors (Lipinski definition) is 3. The van der Waals surface area contributed by atoms with E-state index < -0.39 is 0 Å². The molecular weight excluding hydrogens is 224 g/mol. The van der Waals surface area contributed by atoms with Gasteiger partial charge in [0.2, 0.25) is 0 Å². The molecule has 18 heavy (non-hydrogen) atoms. The van der Waals surface area contributed by atoms with Crippen LogP contribution in [0.4, 0.5) is 0 Å². The molecular formula is C14H30N4. The molecule has 2 N–H and O–H groups in total. The van der Waals surface area contributed by atoms with Crippen LogP contribution in [0.15, 0.2) is 6.20 Å². The monoisotopic (exact) mass is 254 g/mol. The quantitative estimate of drug-likeness (QED) is 0.813. The highest BCUT2D eigenvalue weighted by molar-refractivity contribution is 4.92. The molecule has 0 aliphatic rings. The Morgan fingerprint density at radius 1 is 1.28 bits per heavy atom. The number of nitrogens with two attached hydrogens (primary N) is 1. The van der Waals surface area contributed by atoms with Crippen molar-refractivity contribution in [2.24, 2.45) is 11.7 Å². The normalized spacial score (nSPS) is 10.3. The maximum atomic E-state index is 5.14. The highest BCUT2D eigenvalue weighted by Crippen LogP contribution is 2.05. The van der Waals surface area contributed by atoms with E-state index in [-0.39, 0.29) is 0 Å². The minimum atomic E-state index is 0.747. The molecule has 1 aromatic heterocycles. The first-order valence-electron chi connectivity index (χ1n) is 7.23. The van der Waals surface area contributed by atoms with E-state index >= 15 is 0 Å². The van der Waals surface area contributed by atoms with E-state index in [9.17, 15) is 0 Å². The first-order valence-corrected chi connectivity index (χ1v) is 7.23. The first kappa shape index (κ1) is 17.1. The summed E-state index contributed by atoms with van der Waals surface area (Å²) >= 11 is 0. The van der Waals surface area contributed by atoms with Gasteiger partial charge in [-0.05, 0) is 38.1 Å². The highest BCUT2D eigenvalue weighted by atomic mass is 15.4. The minimum absolute atomic E-state index is 0.747. The zero-order chi connectivity index (χ0) is 13.8. The molecule has 0 radical (unpaired) electrons. The second-order valence-corrected chi connectivity index (χ2v) is 5.05. The van der Waals surface area contributed by atoms with E-state index in [0.717, 1.165) is 37.5 Å². The Bertz CT molecular complexity index is 279. The molecule has 0 fully saturated rings. The zero-order valence-electron chi connectivity index (χ0n) is 12.5. The predicted molar refractivity (Wildman–Crippen MR) is 77.4 cm³/mol. The van der Waals surface area contributed by atoms with Gasteiger partial charge in [0.1, 0.15) is 0 Å². The van der Waals surface area contributed by atoms with Crippen LogP contribution in [0.2, 0.25) is 0 Å². The van der Waals surface area contributed by atoms with Crippen molar-refractivity contribution >= 4 is 0 Å². The van der Waals surface area contributed by atoms with Crippen molar-refractivity contribution in [2.45, 2.75) is 66.3 Å². The summed E-state index contributed by atoms with van der Waals surface area (Å²) in [6, 6.07) is 0. The van der Waals surface area contributed by atoms with Crippen LogP contribution in [0.5, 0.6) is 0 Å². The van der Waals surface area contributed by atoms with E-state index in [2.05, 4.69) is 44.2 Å². The number of hydrogen-bond donors (Lipinski definition) is 1. The maximum Gasteiger partial charge on any atom is 0.0827 e. The molecule has 0 saturated heterocycles. The molecule has 0 amide bonds. The average Bonchev–Trinajstić information content (AvgIpc) is 2.77. The standard InChI is InChI=1S/C10H19N3.C4H11N/c1-4-7-13-8-10(11-12-13)6-5-9(2)3;1-2-3-4-5/h8-9H,4-7H2,1-3H3;2-5H2,1H3. The first-order chi connectivity index (χ1) is 8.63. The third-order valence-electron chi connectivity index (χ3n) is 2.57. The molecule has 1 rings (SSSR count). The summed E-state index contributed by atoms with van der Waals surface area (Å²) in [7, 11) is 0. The molecule has 0 bridgehead atoms. The van der Waals surface area contributed by atoms with Crippen LogP contribution in [0.3, 0.4) is 0 Å². The molecule has 0 aliphatic heterocycles. The summed E-state index contributed by atoms with van der Waals surface area (Å²) in [4.78, 5) is 0. The number of nitrogens with zero attached hydrogens (tertiary/aromatic N) is 3. The van der Waals surface area contributed by atoms with Gasteiger partial charge in [-0.3, -0.25) is 4.68 Å². The van der Waals surface area contributed by atoms with Crippen molar-refractivity contribution in [1.29, 1.82) is 0 Å². The largest absolute Gasteiger partial charge is 0.330 e. The van der Waals surface area contributed by atoms with Crippen molar-refractivity contribution in [2.75, 3.05) is 6.54 Å². The van der Waals surface area contributed by atoms with E-state index in [1.807, 2.05) is 4.68 Å². The van der Waals surface area contributed by atoms with Gasteiger partial charge in [0, 0.05) is 12.7 Å². The average molecular weight is 254 g/mol. The van der Waals surface area contributed by atoms with Crippen LogP contribution in [0, 0.1) is 5.92 Å². The molecule has 0 spiro atoms. The van der Waals surface area contributed by atoms with Crippen LogP contribution in [0.25, 0.3) is 0 Å². The van der Waals surface area contributed by atoms with Crippen LogP contribution in [0.1, 0.15) is 59.1 Å². The zero-order valence-corrected chi connectivity index (χ0v) is 12.5. The molecule has 0 aromatic carbocycles. The van der Waals surface area contributed by atoms with E-state index in [1.54, 1.807) is 0 Å². The fourth-order valence-electron chi connectivity index (χ4n) is 1.43. The third-order valence-corrected chi connectivity index (χ3v) is 2.57. The smallest absolute Gasteiger partial charge is 0.0827 e. The Morgan fingerprint density at radius 2 is 2.00 bits per heavy atom. The second-order valence-electron chi connectivity index (χ2n) is 5.05. The molecule has 0 atom stereocenters. The minimum Gasteiger partial charge on any atom is -0.330 e. The maximum absolute atomic E-state index is 5.14. The summed E-state index contributed by atoms with van der Waals surface area (Å²) < 4.78 is 1.93. The Balaban J connectivity index is 0.000000494. The predicted octanol–water partition coefficient (Wildman–Crippen LogP) is 3.02. The number of rotatable bonds is 7. The van der Waals surface area contributed by atoms with E-state index in [0.29, 0.717) is 0 Å². The summed E-state index contributed by atoms with van der Waals surface area (Å²) in [5.74, 6) is 0.747. The molecule has 0 unspecified atom stereocenters. The summed E-state index contributed by atoms with van der Waals surface area (Å²) in [6.45, 7) is 10.6. The van der Waals surface area contributed by atoms with Crippen LogP contribution in [-0.4, -0.2) is 21.5 Å². The Labute approximate surface area is 112 Å². The third kappa shape index (κ3) is 9.16. The van der Waals surface area contributed by atoms with Crippen molar-refractivity contribution in [1.82, 2.24) is 15.0 Å². The summed E-state index contributed by atoms with van der Waals surface area (Å²) in [6.07, 6.45) is 7.82. The fraction of sp³-hybridized carbons (Fsp3) is 0.857. The van der Waals surface area contributed by atoms with E-state index in [1.165, 1.54) is 19.3 Å².